The number of aryl methyl sites for hydroxylation is 1. The standard InChI is InChI=1S/C20H26N4O3/c1-12-22-18(27-24-12)11-26-17-7-5-16(6-8-17)23-20(25)15-9-13-3-2-4-14(10-15)19(13)21/h5-8,13-15,19H,2-4,9-11,21H2,1H3,(H,23,25). The molecule has 1 amide bonds. The Balaban J connectivity index is 1.31. The van der Waals surface area contributed by atoms with Crippen molar-refractivity contribution in [1.29, 1.82) is 0 Å². The number of carbonyl (C=O) groups is 1. The van der Waals surface area contributed by atoms with Gasteiger partial charge in [-0.2, -0.15) is 4.98 Å². The molecule has 0 aliphatic heterocycles. The van der Waals surface area contributed by atoms with Crippen molar-refractivity contribution in [2.45, 2.75) is 51.7 Å². The topological polar surface area (TPSA) is 103 Å². The molecule has 0 radical (unpaired) electrons. The summed E-state index contributed by atoms with van der Waals surface area (Å²) in [6, 6.07) is 7.62. The molecule has 2 aliphatic rings. The van der Waals surface area contributed by atoms with E-state index >= 15 is 0 Å². The van der Waals surface area contributed by atoms with Crippen LogP contribution in [0, 0.1) is 24.7 Å². The maximum atomic E-state index is 12.7. The summed E-state index contributed by atoms with van der Waals surface area (Å²) in [5.41, 5.74) is 7.11. The van der Waals surface area contributed by atoms with Gasteiger partial charge in [0.1, 0.15) is 5.75 Å². The third-order valence-electron chi connectivity index (χ3n) is 5.84. The van der Waals surface area contributed by atoms with E-state index in [-0.39, 0.29) is 24.5 Å². The van der Waals surface area contributed by atoms with Gasteiger partial charge < -0.3 is 20.3 Å². The number of hydrogen-bond donors (Lipinski definition) is 2. The molecule has 4 rings (SSSR count). The van der Waals surface area contributed by atoms with Crippen LogP contribution in [0.4, 0.5) is 5.69 Å². The second kappa shape index (κ2) is 7.68. The lowest BCUT2D eigenvalue weighted by Gasteiger charge is -2.43. The van der Waals surface area contributed by atoms with Crippen LogP contribution in [0.1, 0.15) is 43.8 Å². The number of benzene rings is 1. The molecule has 27 heavy (non-hydrogen) atoms. The summed E-state index contributed by atoms with van der Waals surface area (Å²) < 4.78 is 10.6. The van der Waals surface area contributed by atoms with Gasteiger partial charge in [-0.05, 0) is 68.7 Å². The number of fused-ring (bicyclic) bond motifs is 2. The quantitative estimate of drug-likeness (QED) is 0.838. The Morgan fingerprint density at radius 1 is 1.26 bits per heavy atom. The van der Waals surface area contributed by atoms with Gasteiger partial charge in [-0.3, -0.25) is 4.79 Å². The van der Waals surface area contributed by atoms with Crippen LogP contribution in [0.25, 0.3) is 0 Å². The maximum absolute atomic E-state index is 12.7. The van der Waals surface area contributed by atoms with Crippen LogP contribution in [0.2, 0.25) is 0 Å². The second-order valence-electron chi connectivity index (χ2n) is 7.73. The van der Waals surface area contributed by atoms with E-state index in [1.54, 1.807) is 6.92 Å². The Labute approximate surface area is 158 Å². The van der Waals surface area contributed by atoms with E-state index in [2.05, 4.69) is 15.5 Å². The van der Waals surface area contributed by atoms with Crippen LogP contribution in [-0.2, 0) is 11.4 Å². The van der Waals surface area contributed by atoms with Gasteiger partial charge in [0.15, 0.2) is 12.4 Å². The van der Waals surface area contributed by atoms with E-state index in [0.29, 0.717) is 29.3 Å². The lowest BCUT2D eigenvalue weighted by Crippen LogP contribution is -2.48. The summed E-state index contributed by atoms with van der Waals surface area (Å²) in [6.07, 6.45) is 5.39. The molecule has 144 valence electrons. The smallest absolute Gasteiger partial charge is 0.264 e. The predicted molar refractivity (Wildman–Crippen MR) is 100.0 cm³/mol. The highest BCUT2D eigenvalue weighted by Gasteiger charge is 2.40. The van der Waals surface area contributed by atoms with Gasteiger partial charge in [-0.15, -0.1) is 0 Å². The van der Waals surface area contributed by atoms with Crippen LogP contribution < -0.4 is 15.8 Å². The molecular formula is C20H26N4O3. The Hall–Kier alpha value is -2.41. The summed E-state index contributed by atoms with van der Waals surface area (Å²) in [6.45, 7) is 1.98. The normalized spacial score (nSPS) is 27.2. The lowest BCUT2D eigenvalue weighted by atomic mass is 9.65. The van der Waals surface area contributed by atoms with Crippen LogP contribution in [0.15, 0.2) is 28.8 Å². The molecule has 0 spiro atoms. The molecule has 2 aliphatic carbocycles. The number of rotatable bonds is 5. The number of aromatic nitrogens is 2. The molecule has 2 aromatic rings. The van der Waals surface area contributed by atoms with Gasteiger partial charge >= 0.3 is 0 Å². The number of nitrogens with one attached hydrogen (secondary N) is 1. The van der Waals surface area contributed by atoms with Crippen molar-refractivity contribution < 1.29 is 14.1 Å². The molecule has 2 unspecified atom stereocenters. The summed E-state index contributed by atoms with van der Waals surface area (Å²) in [5.74, 6) is 2.87. The van der Waals surface area contributed by atoms with Crippen molar-refractivity contribution in [2.75, 3.05) is 5.32 Å². The van der Waals surface area contributed by atoms with E-state index in [1.165, 1.54) is 6.42 Å². The van der Waals surface area contributed by atoms with Crippen molar-refractivity contribution in [3.63, 3.8) is 0 Å². The van der Waals surface area contributed by atoms with Gasteiger partial charge in [-0.25, -0.2) is 0 Å². The van der Waals surface area contributed by atoms with Crippen LogP contribution in [-0.4, -0.2) is 22.1 Å². The highest BCUT2D eigenvalue weighted by molar-refractivity contribution is 5.92. The number of nitrogens with zero attached hydrogens (tertiary/aromatic N) is 2. The molecular weight excluding hydrogens is 344 g/mol. The van der Waals surface area contributed by atoms with Crippen molar-refractivity contribution in [1.82, 2.24) is 10.1 Å². The fraction of sp³-hybridized carbons (Fsp3) is 0.550. The minimum absolute atomic E-state index is 0.0665. The monoisotopic (exact) mass is 370 g/mol. The third kappa shape index (κ3) is 4.13. The van der Waals surface area contributed by atoms with Gasteiger partial charge in [0.25, 0.3) is 5.89 Å². The van der Waals surface area contributed by atoms with Crippen LogP contribution in [0.3, 0.4) is 0 Å². The molecule has 1 heterocycles. The molecule has 2 fully saturated rings. The average molecular weight is 370 g/mol. The van der Waals surface area contributed by atoms with Crippen LogP contribution >= 0.6 is 0 Å². The third-order valence-corrected chi connectivity index (χ3v) is 5.84. The predicted octanol–water partition coefficient (Wildman–Crippen LogP) is 3.05. The lowest BCUT2D eigenvalue weighted by molar-refractivity contribution is -0.122. The fourth-order valence-corrected chi connectivity index (χ4v) is 4.43. The number of ether oxygens (including phenoxy) is 1. The van der Waals surface area contributed by atoms with Gasteiger partial charge in [0, 0.05) is 17.6 Å². The summed E-state index contributed by atoms with van der Waals surface area (Å²) >= 11 is 0. The zero-order valence-corrected chi connectivity index (χ0v) is 15.6. The Morgan fingerprint density at radius 2 is 1.96 bits per heavy atom. The summed E-state index contributed by atoms with van der Waals surface area (Å²) in [4.78, 5) is 16.8. The van der Waals surface area contributed by atoms with Crippen molar-refractivity contribution >= 4 is 11.6 Å². The molecule has 2 atom stereocenters. The first-order chi connectivity index (χ1) is 13.1. The second-order valence-corrected chi connectivity index (χ2v) is 7.73. The zero-order chi connectivity index (χ0) is 18.8. The highest BCUT2D eigenvalue weighted by Crippen LogP contribution is 2.42. The minimum atomic E-state index is 0.0665. The van der Waals surface area contributed by atoms with Crippen molar-refractivity contribution in [2.24, 2.45) is 23.5 Å². The molecule has 0 saturated heterocycles. The van der Waals surface area contributed by atoms with E-state index in [4.69, 9.17) is 15.0 Å². The number of nitrogens with two attached hydrogens (primary N) is 1. The molecule has 2 saturated carbocycles. The molecule has 1 aromatic carbocycles. The Kier molecular flexibility index (Phi) is 5.11. The van der Waals surface area contributed by atoms with Crippen LogP contribution in [0.5, 0.6) is 5.75 Å². The van der Waals surface area contributed by atoms with Crippen molar-refractivity contribution in [3.05, 3.63) is 36.0 Å². The van der Waals surface area contributed by atoms with Gasteiger partial charge in [0.2, 0.25) is 5.91 Å². The van der Waals surface area contributed by atoms with E-state index in [1.807, 2.05) is 24.3 Å². The minimum Gasteiger partial charge on any atom is -0.484 e. The summed E-state index contributed by atoms with van der Waals surface area (Å²) in [7, 11) is 0. The first kappa shape index (κ1) is 18.0. The number of anilines is 1. The molecule has 7 heteroatoms. The first-order valence-corrected chi connectivity index (χ1v) is 9.67. The van der Waals surface area contributed by atoms with E-state index in [0.717, 1.165) is 31.4 Å². The number of hydrogen-bond acceptors (Lipinski definition) is 6. The van der Waals surface area contributed by atoms with Gasteiger partial charge in [0.05, 0.1) is 0 Å². The van der Waals surface area contributed by atoms with Gasteiger partial charge in [-0.1, -0.05) is 11.6 Å². The first-order valence-electron chi connectivity index (χ1n) is 9.67. The average Bonchev–Trinajstić information content (AvgIpc) is 3.06. The molecule has 2 bridgehead atoms. The number of amides is 1. The summed E-state index contributed by atoms with van der Waals surface area (Å²) in [5, 5.41) is 6.77. The largest absolute Gasteiger partial charge is 0.484 e. The molecule has 1 aromatic heterocycles. The highest BCUT2D eigenvalue weighted by atomic mass is 16.5. The fourth-order valence-electron chi connectivity index (χ4n) is 4.43. The van der Waals surface area contributed by atoms with E-state index in [9.17, 15) is 4.79 Å². The zero-order valence-electron chi connectivity index (χ0n) is 15.6. The maximum Gasteiger partial charge on any atom is 0.264 e. The van der Waals surface area contributed by atoms with Crippen molar-refractivity contribution in [3.8, 4) is 5.75 Å². The molecule has 7 nitrogen and oxygen atoms in total. The Morgan fingerprint density at radius 3 is 2.59 bits per heavy atom. The molecule has 3 N–H and O–H groups in total. The Bertz CT molecular complexity index is 775. The van der Waals surface area contributed by atoms with E-state index < -0.39 is 0 Å². The number of carbonyl (C=O) groups excluding carboxylic acids is 1. The SMILES string of the molecule is Cc1noc(COc2ccc(NC(=O)C3CC4CCCC(C3)C4N)cc2)n1.